The first-order valence-electron chi connectivity index (χ1n) is 9.84. The Morgan fingerprint density at radius 3 is 2.58 bits per heavy atom. The second-order valence-electron chi connectivity index (χ2n) is 7.10. The van der Waals surface area contributed by atoms with E-state index < -0.39 is 12.0 Å². The van der Waals surface area contributed by atoms with Crippen molar-refractivity contribution < 1.29 is 9.53 Å². The number of hydrogen-bond acceptors (Lipinski definition) is 7. The van der Waals surface area contributed by atoms with Crippen LogP contribution in [0.3, 0.4) is 0 Å². The average Bonchev–Trinajstić information content (AvgIpc) is 2.82. The summed E-state index contributed by atoms with van der Waals surface area (Å²) in [5, 5.41) is 7.66. The molecule has 1 heterocycles. The van der Waals surface area contributed by atoms with E-state index >= 15 is 0 Å². The zero-order valence-electron chi connectivity index (χ0n) is 17.2. The molecule has 7 heteroatoms. The number of hydrazone groups is 1. The number of hydrogen-bond donors (Lipinski definition) is 2. The van der Waals surface area contributed by atoms with E-state index in [0.717, 1.165) is 21.9 Å². The molecule has 0 saturated carbocycles. The fourth-order valence-corrected chi connectivity index (χ4v) is 3.80. The molecule has 0 spiro atoms. The minimum atomic E-state index is -0.601. The van der Waals surface area contributed by atoms with Gasteiger partial charge in [-0.25, -0.2) is 20.6 Å². The van der Waals surface area contributed by atoms with E-state index in [4.69, 9.17) is 10.6 Å². The van der Waals surface area contributed by atoms with Crippen molar-refractivity contribution in [3.63, 3.8) is 0 Å². The first-order chi connectivity index (χ1) is 15.1. The molecule has 0 aliphatic carbocycles. The molecule has 1 aliphatic rings. The Morgan fingerprint density at radius 1 is 1.13 bits per heavy atom. The number of nitrogens with two attached hydrogens (primary N) is 1. The highest BCUT2D eigenvalue weighted by atomic mass is 16.5. The van der Waals surface area contributed by atoms with Gasteiger partial charge in [-0.15, -0.1) is 0 Å². The lowest BCUT2D eigenvalue weighted by atomic mass is 9.91. The largest absolute Gasteiger partial charge is 0.457 e. The molecule has 7 nitrogen and oxygen atoms in total. The fraction of sp³-hybridized carbons (Fsp3) is 0.125. The summed E-state index contributed by atoms with van der Waals surface area (Å²) in [5.74, 6) is 5.52. The number of fused-ring (bicyclic) bond motifs is 1. The molecule has 3 aromatic carbocycles. The van der Waals surface area contributed by atoms with E-state index in [1.807, 2.05) is 72.8 Å². The maximum atomic E-state index is 13.3. The number of hydrazine groups is 1. The SMILES string of the molecule is C=NN1C(NN)=NC(C)=C(C(=O)OCc2ccccc2)C1c1cccc2ccccc12. The number of aliphatic imine (C=N–C) groups is 1. The van der Waals surface area contributed by atoms with Crippen molar-refractivity contribution in [2.45, 2.75) is 19.6 Å². The number of guanidine groups is 1. The quantitative estimate of drug-likeness (QED) is 0.288. The van der Waals surface area contributed by atoms with E-state index in [0.29, 0.717) is 17.2 Å². The Balaban J connectivity index is 1.80. The van der Waals surface area contributed by atoms with Crippen LogP contribution in [0.5, 0.6) is 0 Å². The van der Waals surface area contributed by atoms with Crippen LogP contribution in [0.15, 0.2) is 94.2 Å². The molecule has 0 fully saturated rings. The molecular formula is C24H23N5O2. The van der Waals surface area contributed by atoms with Crippen molar-refractivity contribution in [3.8, 4) is 0 Å². The molecule has 3 aromatic rings. The van der Waals surface area contributed by atoms with Crippen LogP contribution in [0.25, 0.3) is 10.8 Å². The normalized spacial score (nSPS) is 16.1. The molecule has 0 aromatic heterocycles. The number of esters is 1. The number of nitrogens with zero attached hydrogens (tertiary/aromatic N) is 3. The van der Waals surface area contributed by atoms with Gasteiger partial charge in [-0.2, -0.15) is 5.10 Å². The van der Waals surface area contributed by atoms with Gasteiger partial charge in [0.2, 0.25) is 5.96 Å². The molecule has 31 heavy (non-hydrogen) atoms. The van der Waals surface area contributed by atoms with Crippen LogP contribution in [-0.2, 0) is 16.1 Å². The van der Waals surface area contributed by atoms with Gasteiger partial charge in [0.15, 0.2) is 0 Å². The third-order valence-electron chi connectivity index (χ3n) is 5.23. The summed E-state index contributed by atoms with van der Waals surface area (Å²) in [6.45, 7) is 5.59. The monoisotopic (exact) mass is 413 g/mol. The third kappa shape index (κ3) is 3.91. The van der Waals surface area contributed by atoms with Gasteiger partial charge >= 0.3 is 5.97 Å². The third-order valence-corrected chi connectivity index (χ3v) is 5.23. The van der Waals surface area contributed by atoms with Crippen LogP contribution >= 0.6 is 0 Å². The molecule has 0 saturated heterocycles. The van der Waals surface area contributed by atoms with Crippen LogP contribution in [0, 0.1) is 0 Å². The van der Waals surface area contributed by atoms with E-state index in [9.17, 15) is 4.79 Å². The molecular weight excluding hydrogens is 390 g/mol. The number of nitrogens with one attached hydrogen (secondary N) is 1. The zero-order chi connectivity index (χ0) is 21.8. The number of rotatable bonds is 5. The Labute approximate surface area is 180 Å². The predicted octanol–water partition coefficient (Wildman–Crippen LogP) is 3.65. The van der Waals surface area contributed by atoms with E-state index in [2.05, 4.69) is 22.2 Å². The van der Waals surface area contributed by atoms with Crippen LogP contribution in [0.4, 0.5) is 0 Å². The van der Waals surface area contributed by atoms with Crippen molar-refractivity contribution in [2.24, 2.45) is 15.9 Å². The summed E-state index contributed by atoms with van der Waals surface area (Å²) in [6.07, 6.45) is 0. The molecule has 0 amide bonds. The van der Waals surface area contributed by atoms with Gasteiger partial charge in [-0.05, 0) is 28.8 Å². The maximum Gasteiger partial charge on any atom is 0.338 e. The summed E-state index contributed by atoms with van der Waals surface area (Å²) in [4.78, 5) is 17.7. The Hall–Kier alpha value is -3.97. The molecule has 0 radical (unpaired) electrons. The van der Waals surface area contributed by atoms with Crippen molar-refractivity contribution >= 4 is 29.4 Å². The Morgan fingerprint density at radius 2 is 1.84 bits per heavy atom. The van der Waals surface area contributed by atoms with Crippen LogP contribution < -0.4 is 11.3 Å². The first-order valence-corrected chi connectivity index (χ1v) is 9.84. The molecule has 3 N–H and O–H groups in total. The van der Waals surface area contributed by atoms with Crippen LogP contribution in [0.1, 0.15) is 24.1 Å². The van der Waals surface area contributed by atoms with Crippen molar-refractivity contribution in [2.75, 3.05) is 0 Å². The fourth-order valence-electron chi connectivity index (χ4n) is 3.80. The van der Waals surface area contributed by atoms with Gasteiger partial charge in [0.05, 0.1) is 11.3 Å². The minimum Gasteiger partial charge on any atom is -0.457 e. The topological polar surface area (TPSA) is 92.3 Å². The second kappa shape index (κ2) is 8.81. The number of allylic oxidation sites excluding steroid dienone is 1. The zero-order valence-corrected chi connectivity index (χ0v) is 17.2. The predicted molar refractivity (Wildman–Crippen MR) is 122 cm³/mol. The van der Waals surface area contributed by atoms with Crippen LogP contribution in [0.2, 0.25) is 0 Å². The van der Waals surface area contributed by atoms with E-state index in [1.165, 1.54) is 5.01 Å². The highest BCUT2D eigenvalue weighted by Gasteiger charge is 2.37. The number of carbonyl (C=O) groups is 1. The highest BCUT2D eigenvalue weighted by molar-refractivity contribution is 5.97. The maximum absolute atomic E-state index is 13.3. The molecule has 1 unspecified atom stereocenters. The van der Waals surface area contributed by atoms with E-state index in [-0.39, 0.29) is 6.61 Å². The first kappa shape index (κ1) is 20.3. The van der Waals surface area contributed by atoms with Gasteiger partial charge in [0.1, 0.15) is 12.6 Å². The molecule has 1 atom stereocenters. The summed E-state index contributed by atoms with van der Waals surface area (Å²) in [6, 6.07) is 22.8. The highest BCUT2D eigenvalue weighted by Crippen LogP contribution is 2.38. The van der Waals surface area contributed by atoms with Crippen molar-refractivity contribution in [3.05, 3.63) is 95.2 Å². The van der Waals surface area contributed by atoms with Gasteiger partial charge in [-0.1, -0.05) is 72.8 Å². The molecule has 1 aliphatic heterocycles. The molecule has 156 valence electrons. The van der Waals surface area contributed by atoms with Gasteiger partial charge in [-0.3, -0.25) is 5.43 Å². The number of ether oxygens (including phenoxy) is 1. The standard InChI is InChI=1S/C24H23N5O2/c1-16-21(23(30)31-15-17-9-4-3-5-10-17)22(29(26-2)24(27-16)28-25)20-14-8-12-18-11-6-7-13-19(18)20/h3-14,22H,2,15,25H2,1H3,(H,27,28). The van der Waals surface area contributed by atoms with E-state index in [1.54, 1.807) is 6.92 Å². The summed E-state index contributed by atoms with van der Waals surface area (Å²) >= 11 is 0. The molecule has 4 rings (SSSR count). The number of benzene rings is 3. The Bertz CT molecular complexity index is 1180. The lowest BCUT2D eigenvalue weighted by Crippen LogP contribution is -2.47. The minimum absolute atomic E-state index is 0.159. The van der Waals surface area contributed by atoms with Crippen LogP contribution in [-0.4, -0.2) is 23.7 Å². The van der Waals surface area contributed by atoms with Crippen molar-refractivity contribution in [1.29, 1.82) is 0 Å². The molecule has 0 bridgehead atoms. The Kier molecular flexibility index (Phi) is 5.77. The second-order valence-corrected chi connectivity index (χ2v) is 7.10. The van der Waals surface area contributed by atoms with Crippen molar-refractivity contribution in [1.82, 2.24) is 10.4 Å². The smallest absolute Gasteiger partial charge is 0.338 e. The average molecular weight is 413 g/mol. The lowest BCUT2D eigenvalue weighted by molar-refractivity contribution is -0.141. The number of carbonyl (C=O) groups excluding carboxylic acids is 1. The summed E-state index contributed by atoms with van der Waals surface area (Å²) in [7, 11) is 0. The summed E-state index contributed by atoms with van der Waals surface area (Å²) < 4.78 is 5.66. The van der Waals surface area contributed by atoms with Gasteiger partial charge in [0, 0.05) is 6.72 Å². The lowest BCUT2D eigenvalue weighted by Gasteiger charge is -2.34. The van der Waals surface area contributed by atoms with Gasteiger partial charge in [0.25, 0.3) is 0 Å². The summed E-state index contributed by atoms with van der Waals surface area (Å²) in [5.41, 5.74) is 5.22. The van der Waals surface area contributed by atoms with Gasteiger partial charge < -0.3 is 4.74 Å².